The van der Waals surface area contributed by atoms with Gasteiger partial charge in [-0.25, -0.2) is 4.79 Å². The lowest BCUT2D eigenvalue weighted by Crippen LogP contribution is -2.57. The predicted octanol–water partition coefficient (Wildman–Crippen LogP) is 3.14. The molecule has 1 aliphatic heterocycles. The van der Waals surface area contributed by atoms with Crippen molar-refractivity contribution < 1.29 is 14.4 Å². The van der Waals surface area contributed by atoms with E-state index < -0.39 is 23.4 Å². The first-order chi connectivity index (χ1) is 11.5. The second-order valence-corrected chi connectivity index (χ2v) is 6.82. The van der Waals surface area contributed by atoms with Crippen molar-refractivity contribution in [2.24, 2.45) is 5.73 Å². The summed E-state index contributed by atoms with van der Waals surface area (Å²) in [5, 5.41) is 4.47. The number of amides is 4. The van der Waals surface area contributed by atoms with Gasteiger partial charge < -0.3 is 11.1 Å². The minimum absolute atomic E-state index is 0.275. The number of unbranched alkanes of at least 4 members (excludes halogenated alkanes) is 11. The summed E-state index contributed by atoms with van der Waals surface area (Å²) < 4.78 is 0. The maximum Gasteiger partial charge on any atom is 0.322 e. The lowest BCUT2D eigenvalue weighted by molar-refractivity contribution is -0.134. The van der Waals surface area contributed by atoms with Crippen LogP contribution in [0.25, 0.3) is 0 Å². The fourth-order valence-corrected chi connectivity index (χ4v) is 3.20. The van der Waals surface area contributed by atoms with Crippen LogP contribution in [0.15, 0.2) is 0 Å². The van der Waals surface area contributed by atoms with Crippen molar-refractivity contribution >= 4 is 17.8 Å². The quantitative estimate of drug-likeness (QED) is 0.257. The molecule has 1 heterocycles. The Morgan fingerprint density at radius 1 is 0.875 bits per heavy atom. The Balaban J connectivity index is 2.04. The largest absolute Gasteiger partial charge is 0.367 e. The highest BCUT2D eigenvalue weighted by atomic mass is 16.2. The Morgan fingerprint density at radius 3 is 1.71 bits per heavy atom. The molecule has 0 aromatic heterocycles. The van der Waals surface area contributed by atoms with E-state index >= 15 is 0 Å². The van der Waals surface area contributed by atoms with Crippen LogP contribution in [0.5, 0.6) is 0 Å². The second-order valence-electron chi connectivity index (χ2n) is 6.82. The van der Waals surface area contributed by atoms with Gasteiger partial charge in [0.1, 0.15) is 0 Å². The number of urea groups is 1. The molecule has 1 aliphatic rings. The lowest BCUT2D eigenvalue weighted by atomic mass is 9.91. The molecule has 0 bridgehead atoms. The van der Waals surface area contributed by atoms with Crippen LogP contribution in [-0.2, 0) is 9.59 Å². The van der Waals surface area contributed by atoms with Crippen LogP contribution in [0.3, 0.4) is 0 Å². The summed E-state index contributed by atoms with van der Waals surface area (Å²) in [5.74, 6) is -1.41. The number of rotatable bonds is 14. The molecular formula is C18H33N3O3. The molecule has 4 amide bonds. The molecule has 1 saturated heterocycles. The Morgan fingerprint density at radius 2 is 1.33 bits per heavy atom. The SMILES string of the molecule is CCCCCCCCCCCCCCC1(C(N)=O)NC(=O)NC1=O. The maximum atomic E-state index is 11.8. The van der Waals surface area contributed by atoms with Gasteiger partial charge in [-0.15, -0.1) is 0 Å². The van der Waals surface area contributed by atoms with Crippen molar-refractivity contribution in [3.05, 3.63) is 0 Å². The number of nitrogens with one attached hydrogen (secondary N) is 2. The summed E-state index contributed by atoms with van der Waals surface area (Å²) in [5.41, 5.74) is 3.76. The molecule has 0 spiro atoms. The third kappa shape index (κ3) is 6.49. The van der Waals surface area contributed by atoms with E-state index in [-0.39, 0.29) is 6.42 Å². The molecular weight excluding hydrogens is 306 g/mol. The zero-order valence-electron chi connectivity index (χ0n) is 15.0. The first-order valence-corrected chi connectivity index (χ1v) is 9.46. The number of hydrogen-bond acceptors (Lipinski definition) is 3. The normalized spacial score (nSPS) is 20.0. The Hall–Kier alpha value is -1.59. The highest BCUT2D eigenvalue weighted by molar-refractivity contribution is 6.19. The molecule has 6 heteroatoms. The Kier molecular flexibility index (Phi) is 9.42. The summed E-state index contributed by atoms with van der Waals surface area (Å²) >= 11 is 0. The van der Waals surface area contributed by atoms with Gasteiger partial charge in [0.25, 0.3) is 11.8 Å². The minimum Gasteiger partial charge on any atom is -0.367 e. The van der Waals surface area contributed by atoms with Crippen molar-refractivity contribution in [2.45, 2.75) is 95.9 Å². The zero-order chi connectivity index (χ0) is 17.8. The van der Waals surface area contributed by atoms with Gasteiger partial charge in [0, 0.05) is 0 Å². The topological polar surface area (TPSA) is 101 Å². The van der Waals surface area contributed by atoms with Crippen LogP contribution >= 0.6 is 0 Å². The third-order valence-electron chi connectivity index (χ3n) is 4.77. The van der Waals surface area contributed by atoms with Gasteiger partial charge in [0.05, 0.1) is 0 Å². The average molecular weight is 339 g/mol. The smallest absolute Gasteiger partial charge is 0.322 e. The van der Waals surface area contributed by atoms with Gasteiger partial charge in [-0.2, -0.15) is 0 Å². The van der Waals surface area contributed by atoms with Crippen LogP contribution < -0.4 is 16.4 Å². The molecule has 0 aliphatic carbocycles. The summed E-state index contributed by atoms with van der Waals surface area (Å²) in [6.45, 7) is 2.23. The van der Waals surface area contributed by atoms with Crippen LogP contribution in [0.4, 0.5) is 4.79 Å². The molecule has 6 nitrogen and oxygen atoms in total. The van der Waals surface area contributed by atoms with E-state index in [1.54, 1.807) is 0 Å². The molecule has 138 valence electrons. The van der Waals surface area contributed by atoms with E-state index in [2.05, 4.69) is 17.6 Å². The molecule has 1 atom stereocenters. The van der Waals surface area contributed by atoms with Gasteiger partial charge >= 0.3 is 6.03 Å². The van der Waals surface area contributed by atoms with Crippen molar-refractivity contribution in [1.29, 1.82) is 0 Å². The number of hydrogen-bond donors (Lipinski definition) is 3. The van der Waals surface area contributed by atoms with Crippen LogP contribution in [0.1, 0.15) is 90.4 Å². The van der Waals surface area contributed by atoms with E-state index in [1.165, 1.54) is 57.8 Å². The molecule has 1 fully saturated rings. The van der Waals surface area contributed by atoms with E-state index in [1.807, 2.05) is 0 Å². The van der Waals surface area contributed by atoms with Gasteiger partial charge in [-0.3, -0.25) is 14.9 Å². The molecule has 0 aromatic carbocycles. The Labute approximate surface area is 145 Å². The van der Waals surface area contributed by atoms with E-state index in [4.69, 9.17) is 5.73 Å². The zero-order valence-corrected chi connectivity index (χ0v) is 15.0. The number of nitrogens with two attached hydrogens (primary N) is 1. The van der Waals surface area contributed by atoms with Crippen molar-refractivity contribution in [3.63, 3.8) is 0 Å². The molecule has 1 rings (SSSR count). The third-order valence-corrected chi connectivity index (χ3v) is 4.77. The molecule has 1 unspecified atom stereocenters. The highest BCUT2D eigenvalue weighted by Crippen LogP contribution is 2.20. The van der Waals surface area contributed by atoms with Crippen molar-refractivity contribution in [3.8, 4) is 0 Å². The summed E-state index contributed by atoms with van der Waals surface area (Å²) in [7, 11) is 0. The molecule has 0 radical (unpaired) electrons. The first kappa shape index (κ1) is 20.5. The van der Waals surface area contributed by atoms with E-state index in [0.717, 1.165) is 12.8 Å². The molecule has 24 heavy (non-hydrogen) atoms. The van der Waals surface area contributed by atoms with Crippen LogP contribution in [0, 0.1) is 0 Å². The Bertz CT molecular complexity index is 426. The molecule has 4 N–H and O–H groups in total. The van der Waals surface area contributed by atoms with Crippen molar-refractivity contribution in [1.82, 2.24) is 10.6 Å². The minimum atomic E-state index is -1.55. The monoisotopic (exact) mass is 339 g/mol. The summed E-state index contributed by atoms with van der Waals surface area (Å²) in [4.78, 5) is 34.6. The van der Waals surface area contributed by atoms with Crippen LogP contribution in [0.2, 0.25) is 0 Å². The number of carbonyl (C=O) groups excluding carboxylic acids is 3. The standard InChI is InChI=1S/C18H33N3O3/c1-2-3-4-5-6-7-8-9-10-11-12-13-14-18(15(19)22)16(23)20-17(24)21-18/h2-14H2,1H3,(H2,19,22)(H2,20,21,23,24). The maximum absolute atomic E-state index is 11.8. The number of carbonyl (C=O) groups is 3. The fourth-order valence-electron chi connectivity index (χ4n) is 3.20. The van der Waals surface area contributed by atoms with Gasteiger partial charge in [-0.05, 0) is 6.42 Å². The second kappa shape index (κ2) is 11.0. The average Bonchev–Trinajstić information content (AvgIpc) is 2.83. The fraction of sp³-hybridized carbons (Fsp3) is 0.833. The van der Waals surface area contributed by atoms with E-state index in [0.29, 0.717) is 6.42 Å². The predicted molar refractivity (Wildman–Crippen MR) is 94.3 cm³/mol. The van der Waals surface area contributed by atoms with Gasteiger partial charge in [0.15, 0.2) is 5.54 Å². The molecule has 0 aromatic rings. The lowest BCUT2D eigenvalue weighted by Gasteiger charge is -2.21. The van der Waals surface area contributed by atoms with Gasteiger partial charge in [-0.1, -0.05) is 84.0 Å². The van der Waals surface area contributed by atoms with E-state index in [9.17, 15) is 14.4 Å². The van der Waals surface area contributed by atoms with Crippen molar-refractivity contribution in [2.75, 3.05) is 0 Å². The first-order valence-electron chi connectivity index (χ1n) is 9.46. The molecule has 0 saturated carbocycles. The van der Waals surface area contributed by atoms with Gasteiger partial charge in [0.2, 0.25) is 0 Å². The number of primary amides is 1. The summed E-state index contributed by atoms with van der Waals surface area (Å²) in [6, 6.07) is -0.641. The highest BCUT2D eigenvalue weighted by Gasteiger charge is 2.50. The summed E-state index contributed by atoms with van der Waals surface area (Å²) in [6.07, 6.45) is 14.7. The van der Waals surface area contributed by atoms with Crippen LogP contribution in [-0.4, -0.2) is 23.4 Å². The number of imide groups is 1.